The van der Waals surface area contributed by atoms with Gasteiger partial charge in [-0.05, 0) is 19.3 Å². The van der Waals surface area contributed by atoms with E-state index in [4.69, 9.17) is 10.5 Å². The molecule has 1 heterocycles. The van der Waals surface area contributed by atoms with E-state index in [2.05, 4.69) is 15.3 Å². The summed E-state index contributed by atoms with van der Waals surface area (Å²) in [7, 11) is 1.36. The molecule has 0 spiro atoms. The highest BCUT2D eigenvalue weighted by molar-refractivity contribution is 7.13. The smallest absolute Gasteiger partial charge is 0.408 e. The van der Waals surface area contributed by atoms with E-state index in [1.165, 1.54) is 18.4 Å². The van der Waals surface area contributed by atoms with Crippen molar-refractivity contribution in [3.05, 3.63) is 11.1 Å². The highest BCUT2D eigenvalue weighted by atomic mass is 32.1. The molecule has 1 fully saturated rings. The van der Waals surface area contributed by atoms with E-state index >= 15 is 0 Å². The van der Waals surface area contributed by atoms with Crippen LogP contribution in [0, 0.1) is 5.92 Å². The fourth-order valence-electron chi connectivity index (χ4n) is 2.49. The molecule has 3 N–H and O–H groups in total. The lowest BCUT2D eigenvalue weighted by Gasteiger charge is -2.07. The summed E-state index contributed by atoms with van der Waals surface area (Å²) in [4.78, 5) is 19.0. The maximum atomic E-state index is 12.1. The molecule has 0 aliphatic heterocycles. The summed E-state index contributed by atoms with van der Waals surface area (Å²) in [6, 6.07) is 0. The number of ether oxygens (including phenoxy) is 1. The van der Waals surface area contributed by atoms with Crippen molar-refractivity contribution in [3.8, 4) is 0 Å². The van der Waals surface area contributed by atoms with Crippen molar-refractivity contribution in [2.24, 2.45) is 16.6 Å². The third-order valence-corrected chi connectivity index (χ3v) is 4.35. The minimum atomic E-state index is -4.40. The number of guanidine groups is 1. The van der Waals surface area contributed by atoms with Crippen LogP contribution in [-0.2, 0) is 9.53 Å². The quantitative estimate of drug-likeness (QED) is 0.495. The minimum absolute atomic E-state index is 0.124. The van der Waals surface area contributed by atoms with Gasteiger partial charge in [0.2, 0.25) is 0 Å². The predicted molar refractivity (Wildman–Crippen MR) is 80.4 cm³/mol. The van der Waals surface area contributed by atoms with Crippen LogP contribution in [0.25, 0.3) is 0 Å². The molecule has 2 unspecified atom stereocenters. The molecule has 10 heteroatoms. The molecule has 0 aromatic carbocycles. The third kappa shape index (κ3) is 5.08. The topological polar surface area (TPSA) is 89.6 Å². The number of nitrogens with zero attached hydrogens (tertiary/aromatic N) is 2. The van der Waals surface area contributed by atoms with Crippen LogP contribution in [0.1, 0.15) is 30.9 Å². The number of carbonyl (C=O) groups excluding carboxylic acids is 1. The number of methoxy groups -OCH3 is 1. The summed E-state index contributed by atoms with van der Waals surface area (Å²) >= 11 is 1.23. The fraction of sp³-hybridized carbons (Fsp3) is 0.615. The van der Waals surface area contributed by atoms with Crippen molar-refractivity contribution in [2.45, 2.75) is 31.4 Å². The zero-order valence-electron chi connectivity index (χ0n) is 12.4. The number of halogens is 3. The van der Waals surface area contributed by atoms with Gasteiger partial charge in [-0.15, -0.1) is 11.3 Å². The summed E-state index contributed by atoms with van der Waals surface area (Å²) in [6.07, 6.45) is -2.17. The van der Waals surface area contributed by atoms with Gasteiger partial charge in [0.25, 0.3) is 0 Å². The van der Waals surface area contributed by atoms with E-state index in [0.717, 1.165) is 18.5 Å². The molecule has 0 amide bonds. The van der Waals surface area contributed by atoms with Gasteiger partial charge < -0.3 is 15.8 Å². The van der Waals surface area contributed by atoms with Crippen LogP contribution < -0.4 is 11.1 Å². The van der Waals surface area contributed by atoms with Crippen LogP contribution in [0.15, 0.2) is 10.4 Å². The average Bonchev–Trinajstić information content (AvgIpc) is 3.12. The number of rotatable bonds is 4. The highest BCUT2D eigenvalue weighted by Crippen LogP contribution is 2.39. The largest absolute Gasteiger partial charge is 0.469 e. The maximum Gasteiger partial charge on any atom is 0.408 e. The number of nitrogens with one attached hydrogen (secondary N) is 1. The Morgan fingerprint density at radius 1 is 1.57 bits per heavy atom. The van der Waals surface area contributed by atoms with E-state index < -0.39 is 12.7 Å². The second-order valence-corrected chi connectivity index (χ2v) is 6.11. The van der Waals surface area contributed by atoms with E-state index in [1.54, 1.807) is 0 Å². The first kappa shape index (κ1) is 17.5. The minimum Gasteiger partial charge on any atom is -0.469 e. The van der Waals surface area contributed by atoms with Gasteiger partial charge in [-0.25, -0.2) is 9.98 Å². The molecular formula is C13H17F3N4O2S. The second-order valence-electron chi connectivity index (χ2n) is 5.25. The molecule has 2 atom stereocenters. The lowest BCUT2D eigenvalue weighted by atomic mass is 10.0. The Morgan fingerprint density at radius 3 is 2.96 bits per heavy atom. The Bertz CT molecular complexity index is 588. The van der Waals surface area contributed by atoms with Crippen LogP contribution in [0.5, 0.6) is 0 Å². The van der Waals surface area contributed by atoms with Crippen LogP contribution in [0.4, 0.5) is 18.3 Å². The number of hydrogen-bond donors (Lipinski definition) is 2. The Labute approximate surface area is 134 Å². The van der Waals surface area contributed by atoms with Gasteiger partial charge in [-0.1, -0.05) is 0 Å². The lowest BCUT2D eigenvalue weighted by Crippen LogP contribution is -2.25. The molecule has 2 rings (SSSR count). The van der Waals surface area contributed by atoms with Gasteiger partial charge in [0.05, 0.1) is 18.7 Å². The molecule has 23 heavy (non-hydrogen) atoms. The highest BCUT2D eigenvalue weighted by Gasteiger charge is 2.32. The van der Waals surface area contributed by atoms with Crippen LogP contribution in [0.2, 0.25) is 0 Å². The molecule has 1 aromatic rings. The van der Waals surface area contributed by atoms with Crippen molar-refractivity contribution >= 4 is 28.4 Å². The fourth-order valence-corrected chi connectivity index (χ4v) is 3.29. The van der Waals surface area contributed by atoms with E-state index in [1.807, 2.05) is 5.38 Å². The number of esters is 1. The molecule has 6 nitrogen and oxygen atoms in total. The Hall–Kier alpha value is -1.84. The van der Waals surface area contributed by atoms with Crippen molar-refractivity contribution in [2.75, 3.05) is 19.0 Å². The van der Waals surface area contributed by atoms with Crippen molar-refractivity contribution < 1.29 is 22.7 Å². The SMILES string of the molecule is COC(=O)C1CCC(c2csc(NC(N)=NCC(F)(F)F)n2)C1. The van der Waals surface area contributed by atoms with Gasteiger partial charge in [0.15, 0.2) is 11.1 Å². The number of hydrogen-bond acceptors (Lipinski definition) is 5. The summed E-state index contributed by atoms with van der Waals surface area (Å²) in [5.41, 5.74) is 6.20. The molecule has 1 aromatic heterocycles. The average molecular weight is 350 g/mol. The van der Waals surface area contributed by atoms with Crippen LogP contribution in [-0.4, -0.2) is 36.7 Å². The first-order valence-electron chi connectivity index (χ1n) is 6.95. The van der Waals surface area contributed by atoms with E-state index in [0.29, 0.717) is 11.6 Å². The monoisotopic (exact) mass is 350 g/mol. The number of thiazole rings is 1. The zero-order chi connectivity index (χ0) is 17.0. The molecule has 1 aliphatic rings. The number of alkyl halides is 3. The lowest BCUT2D eigenvalue weighted by molar-refractivity contribution is -0.145. The van der Waals surface area contributed by atoms with E-state index in [-0.39, 0.29) is 23.8 Å². The number of anilines is 1. The Balaban J connectivity index is 1.92. The van der Waals surface area contributed by atoms with Gasteiger partial charge in [-0.2, -0.15) is 13.2 Å². The first-order valence-corrected chi connectivity index (χ1v) is 7.83. The number of carbonyl (C=O) groups is 1. The third-order valence-electron chi connectivity index (χ3n) is 3.57. The summed E-state index contributed by atoms with van der Waals surface area (Å²) in [6.45, 7) is -1.34. The number of aliphatic imine (C=N–C) groups is 1. The number of nitrogens with two attached hydrogens (primary N) is 1. The molecular weight excluding hydrogens is 333 g/mol. The standard InChI is InChI=1S/C13H17F3N4O2S/c1-22-10(21)8-3-2-7(4-8)9-5-23-12(19-9)20-11(17)18-6-13(14,15)16/h5,7-8H,2-4,6H2,1H3,(H3,17,18,19,20). The van der Waals surface area contributed by atoms with Gasteiger partial charge in [0, 0.05) is 11.3 Å². The van der Waals surface area contributed by atoms with Gasteiger partial charge in [0.1, 0.15) is 6.54 Å². The number of aromatic nitrogens is 1. The molecule has 1 saturated carbocycles. The van der Waals surface area contributed by atoms with E-state index in [9.17, 15) is 18.0 Å². The summed E-state index contributed by atoms with van der Waals surface area (Å²) in [5.74, 6) is -0.535. The van der Waals surface area contributed by atoms with Gasteiger partial charge in [-0.3, -0.25) is 4.79 Å². The van der Waals surface area contributed by atoms with Crippen molar-refractivity contribution in [1.29, 1.82) is 0 Å². The molecule has 1 aliphatic carbocycles. The Morgan fingerprint density at radius 2 is 2.30 bits per heavy atom. The predicted octanol–water partition coefficient (Wildman–Crippen LogP) is 2.49. The van der Waals surface area contributed by atoms with Gasteiger partial charge >= 0.3 is 12.1 Å². The van der Waals surface area contributed by atoms with Crippen molar-refractivity contribution in [1.82, 2.24) is 4.98 Å². The summed E-state index contributed by atoms with van der Waals surface area (Å²) < 4.78 is 40.9. The Kier molecular flexibility index (Phi) is 5.45. The first-order chi connectivity index (χ1) is 10.8. The molecule has 0 bridgehead atoms. The zero-order valence-corrected chi connectivity index (χ0v) is 13.2. The van der Waals surface area contributed by atoms with Crippen molar-refractivity contribution in [3.63, 3.8) is 0 Å². The maximum absolute atomic E-state index is 12.1. The molecule has 0 radical (unpaired) electrons. The summed E-state index contributed by atoms with van der Waals surface area (Å²) in [5, 5.41) is 4.74. The van der Waals surface area contributed by atoms with Crippen LogP contribution in [0.3, 0.4) is 0 Å². The second kappa shape index (κ2) is 7.16. The normalized spacial score (nSPS) is 22.2. The molecule has 128 valence electrons. The molecule has 0 saturated heterocycles. The van der Waals surface area contributed by atoms with Crippen LogP contribution >= 0.6 is 11.3 Å².